The van der Waals surface area contributed by atoms with Crippen LogP contribution in [-0.2, 0) is 11.2 Å². The van der Waals surface area contributed by atoms with Crippen LogP contribution in [0.4, 0.5) is 15.2 Å². The SMILES string of the molecule is O=C(C1CN(c2nc3c(F)cccc3s2)C1)N1CCc2ccccc21. The molecule has 6 heteroatoms. The van der Waals surface area contributed by atoms with Crippen LogP contribution in [0.3, 0.4) is 0 Å². The second kappa shape index (κ2) is 5.52. The van der Waals surface area contributed by atoms with E-state index in [0.717, 1.165) is 28.5 Å². The lowest BCUT2D eigenvalue weighted by molar-refractivity contribution is -0.123. The van der Waals surface area contributed by atoms with Crippen molar-refractivity contribution >= 4 is 38.3 Å². The van der Waals surface area contributed by atoms with Crippen molar-refractivity contribution in [3.63, 3.8) is 0 Å². The second-order valence-corrected chi connectivity index (χ2v) is 7.56. The zero-order chi connectivity index (χ0) is 17.0. The molecule has 1 saturated heterocycles. The molecule has 2 aliphatic heterocycles. The van der Waals surface area contributed by atoms with Gasteiger partial charge in [0.25, 0.3) is 0 Å². The zero-order valence-corrected chi connectivity index (χ0v) is 14.3. The minimum atomic E-state index is -0.290. The number of amides is 1. The van der Waals surface area contributed by atoms with Crippen LogP contribution in [0.5, 0.6) is 0 Å². The third-order valence-electron chi connectivity index (χ3n) is 5.01. The summed E-state index contributed by atoms with van der Waals surface area (Å²) in [6, 6.07) is 13.1. The van der Waals surface area contributed by atoms with E-state index in [2.05, 4.69) is 16.0 Å². The molecule has 5 rings (SSSR count). The van der Waals surface area contributed by atoms with Crippen LogP contribution < -0.4 is 9.80 Å². The molecule has 1 aromatic heterocycles. The minimum Gasteiger partial charge on any atom is -0.346 e. The largest absolute Gasteiger partial charge is 0.346 e. The Kier molecular flexibility index (Phi) is 3.28. The molecule has 2 aliphatic rings. The van der Waals surface area contributed by atoms with E-state index in [1.54, 1.807) is 6.07 Å². The summed E-state index contributed by atoms with van der Waals surface area (Å²) < 4.78 is 14.6. The number of anilines is 2. The lowest BCUT2D eigenvalue weighted by Crippen LogP contribution is -2.54. The highest BCUT2D eigenvalue weighted by Crippen LogP contribution is 2.36. The van der Waals surface area contributed by atoms with Crippen LogP contribution in [0.15, 0.2) is 42.5 Å². The number of hydrogen-bond acceptors (Lipinski definition) is 4. The summed E-state index contributed by atoms with van der Waals surface area (Å²) in [5, 5.41) is 0.797. The fourth-order valence-electron chi connectivity index (χ4n) is 3.62. The lowest BCUT2D eigenvalue weighted by atomic mass is 9.99. The molecular formula is C19H16FN3OS. The second-order valence-electron chi connectivity index (χ2n) is 6.55. The molecule has 0 unspecified atom stereocenters. The van der Waals surface area contributed by atoms with E-state index in [0.29, 0.717) is 18.6 Å². The molecule has 3 aromatic rings. The molecule has 4 nitrogen and oxygen atoms in total. The number of carbonyl (C=O) groups excluding carboxylic acids is 1. The quantitative estimate of drug-likeness (QED) is 0.708. The first kappa shape index (κ1) is 14.8. The molecule has 0 radical (unpaired) electrons. The molecular weight excluding hydrogens is 337 g/mol. The Morgan fingerprint density at radius 2 is 2.00 bits per heavy atom. The van der Waals surface area contributed by atoms with Crippen molar-refractivity contribution in [1.29, 1.82) is 0 Å². The van der Waals surface area contributed by atoms with Crippen molar-refractivity contribution in [3.8, 4) is 0 Å². The van der Waals surface area contributed by atoms with Gasteiger partial charge in [0.2, 0.25) is 5.91 Å². The summed E-state index contributed by atoms with van der Waals surface area (Å²) >= 11 is 1.48. The van der Waals surface area contributed by atoms with E-state index in [1.807, 2.05) is 29.2 Å². The summed E-state index contributed by atoms with van der Waals surface area (Å²) in [7, 11) is 0. The third kappa shape index (κ3) is 2.32. The normalized spacial score (nSPS) is 17.0. The van der Waals surface area contributed by atoms with Gasteiger partial charge in [0, 0.05) is 25.3 Å². The van der Waals surface area contributed by atoms with Gasteiger partial charge in [-0.2, -0.15) is 0 Å². The first-order chi connectivity index (χ1) is 12.2. The van der Waals surface area contributed by atoms with Crippen molar-refractivity contribution in [1.82, 2.24) is 4.98 Å². The number of halogens is 1. The van der Waals surface area contributed by atoms with Gasteiger partial charge in [0.05, 0.1) is 10.6 Å². The molecule has 0 atom stereocenters. The monoisotopic (exact) mass is 353 g/mol. The topological polar surface area (TPSA) is 36.4 Å². The summed E-state index contributed by atoms with van der Waals surface area (Å²) in [5.41, 5.74) is 2.72. The Morgan fingerprint density at radius 3 is 2.84 bits per heavy atom. The van der Waals surface area contributed by atoms with Gasteiger partial charge in [0.15, 0.2) is 5.13 Å². The molecule has 0 saturated carbocycles. The highest BCUT2D eigenvalue weighted by molar-refractivity contribution is 7.22. The first-order valence-corrected chi connectivity index (χ1v) is 9.21. The van der Waals surface area contributed by atoms with Crippen molar-refractivity contribution in [2.24, 2.45) is 5.92 Å². The summed E-state index contributed by atoms with van der Waals surface area (Å²) in [6.45, 7) is 2.07. The molecule has 0 aliphatic carbocycles. The van der Waals surface area contributed by atoms with Crippen LogP contribution >= 0.6 is 11.3 Å². The van der Waals surface area contributed by atoms with Crippen molar-refractivity contribution in [2.45, 2.75) is 6.42 Å². The highest BCUT2D eigenvalue weighted by Gasteiger charge is 2.38. The molecule has 0 N–H and O–H groups in total. The fourth-order valence-corrected chi connectivity index (χ4v) is 4.62. The number of carbonyl (C=O) groups is 1. The van der Waals surface area contributed by atoms with Crippen LogP contribution in [-0.4, -0.2) is 30.5 Å². The highest BCUT2D eigenvalue weighted by atomic mass is 32.1. The van der Waals surface area contributed by atoms with Gasteiger partial charge >= 0.3 is 0 Å². The van der Waals surface area contributed by atoms with Gasteiger partial charge in [-0.3, -0.25) is 4.79 Å². The molecule has 25 heavy (non-hydrogen) atoms. The fraction of sp³-hybridized carbons (Fsp3) is 0.263. The Balaban J connectivity index is 1.31. The van der Waals surface area contributed by atoms with Gasteiger partial charge in [-0.25, -0.2) is 9.37 Å². The maximum Gasteiger partial charge on any atom is 0.233 e. The van der Waals surface area contributed by atoms with Crippen LogP contribution in [0.25, 0.3) is 10.2 Å². The van der Waals surface area contributed by atoms with Crippen molar-refractivity contribution in [2.75, 3.05) is 29.4 Å². The van der Waals surface area contributed by atoms with E-state index in [-0.39, 0.29) is 17.6 Å². The molecule has 1 fully saturated rings. The van der Waals surface area contributed by atoms with Gasteiger partial charge < -0.3 is 9.80 Å². The number of rotatable bonds is 2. The number of para-hydroxylation sites is 2. The average molecular weight is 353 g/mol. The summed E-state index contributed by atoms with van der Waals surface area (Å²) in [5.74, 6) is -0.113. The number of fused-ring (bicyclic) bond motifs is 2. The number of benzene rings is 2. The molecule has 0 spiro atoms. The minimum absolute atomic E-state index is 0.0111. The third-order valence-corrected chi connectivity index (χ3v) is 6.09. The molecule has 1 amide bonds. The van der Waals surface area contributed by atoms with Gasteiger partial charge in [-0.1, -0.05) is 35.6 Å². The van der Waals surface area contributed by atoms with E-state index in [1.165, 1.54) is 23.0 Å². The van der Waals surface area contributed by atoms with Crippen LogP contribution in [0.1, 0.15) is 5.56 Å². The van der Waals surface area contributed by atoms with Gasteiger partial charge in [0.1, 0.15) is 11.3 Å². The van der Waals surface area contributed by atoms with Crippen LogP contribution in [0, 0.1) is 11.7 Å². The number of hydrogen-bond donors (Lipinski definition) is 0. The Labute approximate surface area is 148 Å². The predicted octanol–water partition coefficient (Wildman–Crippen LogP) is 3.46. The zero-order valence-electron chi connectivity index (χ0n) is 13.5. The van der Waals surface area contributed by atoms with Crippen molar-refractivity contribution < 1.29 is 9.18 Å². The molecule has 0 bridgehead atoms. The summed E-state index contributed by atoms with van der Waals surface area (Å²) in [4.78, 5) is 21.2. The molecule has 126 valence electrons. The predicted molar refractivity (Wildman–Crippen MR) is 97.8 cm³/mol. The standard InChI is InChI=1S/C19H16FN3OS/c20-14-5-3-7-16-17(14)21-19(25-16)22-10-13(11-22)18(24)23-9-8-12-4-1-2-6-15(12)23/h1-7,13H,8-11H2. The Hall–Kier alpha value is -2.47. The Morgan fingerprint density at radius 1 is 1.16 bits per heavy atom. The van der Waals surface area contributed by atoms with Crippen molar-refractivity contribution in [3.05, 3.63) is 53.8 Å². The smallest absolute Gasteiger partial charge is 0.233 e. The van der Waals surface area contributed by atoms with E-state index in [4.69, 9.17) is 0 Å². The van der Waals surface area contributed by atoms with Gasteiger partial charge in [-0.05, 0) is 30.2 Å². The maximum atomic E-state index is 13.8. The first-order valence-electron chi connectivity index (χ1n) is 8.40. The summed E-state index contributed by atoms with van der Waals surface area (Å²) in [6.07, 6.45) is 0.926. The van der Waals surface area contributed by atoms with E-state index >= 15 is 0 Å². The molecule has 3 heterocycles. The Bertz CT molecular complexity index is 980. The van der Waals surface area contributed by atoms with Crippen LogP contribution in [0.2, 0.25) is 0 Å². The van der Waals surface area contributed by atoms with E-state index < -0.39 is 0 Å². The van der Waals surface area contributed by atoms with Gasteiger partial charge in [-0.15, -0.1) is 0 Å². The number of aromatic nitrogens is 1. The number of thiazole rings is 1. The average Bonchev–Trinajstić information content (AvgIpc) is 3.18. The lowest BCUT2D eigenvalue weighted by Gasteiger charge is -2.39. The maximum absolute atomic E-state index is 13.8. The van der Waals surface area contributed by atoms with E-state index in [9.17, 15) is 9.18 Å². The number of nitrogens with zero attached hydrogens (tertiary/aromatic N) is 3. The molecule has 2 aromatic carbocycles.